The lowest BCUT2D eigenvalue weighted by Crippen LogP contribution is -2.59. The average molecular weight is 638 g/mol. The van der Waals surface area contributed by atoms with Gasteiger partial charge in [-0.1, -0.05) is 128 Å². The zero-order valence-corrected chi connectivity index (χ0v) is 28.2. The Bertz CT molecular complexity index is 1130. The molecule has 5 rings (SSSR count). The SMILES string of the molecule is O=C(O)/C=C(/C(=O)O)N1CN(C2CN3CCCCCCCCCCCCCCCCCCCCCC2CC3)C(=O)c2ccccc21. The van der Waals surface area contributed by atoms with Gasteiger partial charge in [0.05, 0.1) is 24.0 Å². The third kappa shape index (κ3) is 11.1. The molecular formula is C38H59N3O5. The largest absolute Gasteiger partial charge is 0.478 e. The summed E-state index contributed by atoms with van der Waals surface area (Å²) in [5.41, 5.74) is 0.547. The molecular weight excluding hydrogens is 578 g/mol. The summed E-state index contributed by atoms with van der Waals surface area (Å²) >= 11 is 0. The van der Waals surface area contributed by atoms with Crippen LogP contribution in [0.1, 0.15) is 145 Å². The number of hydrogen-bond donors (Lipinski definition) is 2. The second kappa shape index (κ2) is 19.7. The molecule has 4 heterocycles. The Morgan fingerprint density at radius 2 is 1.20 bits per heavy atom. The van der Waals surface area contributed by atoms with E-state index in [2.05, 4.69) is 4.90 Å². The molecule has 8 nitrogen and oxygen atoms in total. The van der Waals surface area contributed by atoms with E-state index in [1.54, 1.807) is 24.3 Å². The van der Waals surface area contributed by atoms with E-state index in [0.717, 1.165) is 51.4 Å². The lowest BCUT2D eigenvalue weighted by atomic mass is 9.85. The molecule has 0 aliphatic carbocycles. The van der Waals surface area contributed by atoms with Crippen LogP contribution in [0.2, 0.25) is 0 Å². The topological polar surface area (TPSA) is 101 Å². The van der Waals surface area contributed by atoms with E-state index >= 15 is 0 Å². The summed E-state index contributed by atoms with van der Waals surface area (Å²) in [4.78, 5) is 43.8. The highest BCUT2D eigenvalue weighted by molar-refractivity contribution is 6.05. The molecule has 0 saturated carbocycles. The first-order valence-corrected chi connectivity index (χ1v) is 18.5. The fourth-order valence-corrected chi connectivity index (χ4v) is 7.86. The summed E-state index contributed by atoms with van der Waals surface area (Å²) in [6, 6.07) is 6.94. The van der Waals surface area contributed by atoms with Gasteiger partial charge in [0.25, 0.3) is 5.91 Å². The van der Waals surface area contributed by atoms with Gasteiger partial charge in [0.2, 0.25) is 0 Å². The Labute approximate surface area is 277 Å². The molecule has 3 atom stereocenters. The second-order valence-electron chi connectivity index (χ2n) is 14.0. The Balaban J connectivity index is 1.47. The number of nitrogens with zero attached hydrogens (tertiary/aromatic N) is 3. The maximum absolute atomic E-state index is 14.1. The lowest BCUT2D eigenvalue weighted by molar-refractivity contribution is -0.135. The molecule has 3 saturated heterocycles. The van der Waals surface area contributed by atoms with Gasteiger partial charge in [0, 0.05) is 12.6 Å². The van der Waals surface area contributed by atoms with Crippen LogP contribution in [0.5, 0.6) is 0 Å². The predicted octanol–water partition coefficient (Wildman–Crippen LogP) is 8.47. The maximum Gasteiger partial charge on any atom is 0.352 e. The second-order valence-corrected chi connectivity index (χ2v) is 14.0. The Kier molecular flexibility index (Phi) is 15.4. The van der Waals surface area contributed by atoms with Gasteiger partial charge < -0.3 is 24.9 Å². The number of anilines is 1. The van der Waals surface area contributed by atoms with Gasteiger partial charge in [-0.25, -0.2) is 9.59 Å². The molecule has 0 aromatic heterocycles. The van der Waals surface area contributed by atoms with Gasteiger partial charge in [-0.2, -0.15) is 0 Å². The van der Waals surface area contributed by atoms with Crippen LogP contribution in [-0.2, 0) is 9.59 Å². The third-order valence-electron chi connectivity index (χ3n) is 10.5. The van der Waals surface area contributed by atoms with Gasteiger partial charge >= 0.3 is 11.9 Å². The highest BCUT2D eigenvalue weighted by atomic mass is 16.4. The van der Waals surface area contributed by atoms with E-state index in [9.17, 15) is 24.6 Å². The summed E-state index contributed by atoms with van der Waals surface area (Å²) in [5, 5.41) is 19.5. The Morgan fingerprint density at radius 3 is 1.74 bits per heavy atom. The van der Waals surface area contributed by atoms with Crippen LogP contribution < -0.4 is 4.90 Å². The number of piperidine rings is 1. The van der Waals surface area contributed by atoms with Gasteiger partial charge in [-0.15, -0.1) is 0 Å². The van der Waals surface area contributed by atoms with Gasteiger partial charge in [-0.05, 0) is 50.4 Å². The van der Waals surface area contributed by atoms with Crippen molar-refractivity contribution in [2.75, 3.05) is 31.2 Å². The standard InChI is InChI=1S/C38H59N3O5/c42-36(43)28-34(38(45)46)40-30-41(37(44)32-23-19-20-24-33(32)40)35-29-39-26-21-17-15-13-11-9-7-5-3-1-2-4-6-8-10-12-14-16-18-22-31(35)25-27-39/h19-20,23-24,28,31,35H,1-18,21-22,25-27,29-30H2,(H,42,43)(H,45,46)/b34-28-. The summed E-state index contributed by atoms with van der Waals surface area (Å²) in [7, 11) is 0. The number of para-hydroxylation sites is 1. The number of benzene rings is 1. The molecule has 1 aromatic rings. The molecule has 1 aromatic carbocycles. The van der Waals surface area contributed by atoms with Crippen molar-refractivity contribution in [1.29, 1.82) is 0 Å². The van der Waals surface area contributed by atoms with Crippen molar-refractivity contribution in [3.8, 4) is 0 Å². The number of carboxylic acid groups (broad SMARTS) is 2. The molecule has 1 amide bonds. The van der Waals surface area contributed by atoms with Crippen LogP contribution in [-0.4, -0.2) is 70.2 Å². The van der Waals surface area contributed by atoms with E-state index in [1.807, 2.05) is 4.90 Å². The molecule has 4 aliphatic rings. The van der Waals surface area contributed by atoms with Crippen LogP contribution in [0.25, 0.3) is 0 Å². The molecule has 3 unspecified atom stereocenters. The Morgan fingerprint density at radius 1 is 0.674 bits per heavy atom. The number of carbonyl (C=O) groups is 3. The van der Waals surface area contributed by atoms with Crippen molar-refractivity contribution >= 4 is 23.5 Å². The number of carboxylic acids is 2. The first-order chi connectivity index (χ1) is 22.5. The monoisotopic (exact) mass is 637 g/mol. The maximum atomic E-state index is 14.1. The minimum atomic E-state index is -1.32. The first kappa shape index (κ1) is 36.0. The van der Waals surface area contributed by atoms with E-state index in [-0.39, 0.29) is 24.3 Å². The van der Waals surface area contributed by atoms with Crippen molar-refractivity contribution in [1.82, 2.24) is 9.80 Å². The number of hydrogen-bond acceptors (Lipinski definition) is 5. The van der Waals surface area contributed by atoms with Crippen molar-refractivity contribution in [3.63, 3.8) is 0 Å². The van der Waals surface area contributed by atoms with Crippen LogP contribution >= 0.6 is 0 Å². The smallest absolute Gasteiger partial charge is 0.352 e. The minimum Gasteiger partial charge on any atom is -0.478 e. The molecule has 8 heteroatoms. The van der Waals surface area contributed by atoms with E-state index in [4.69, 9.17) is 0 Å². The van der Waals surface area contributed by atoms with E-state index in [0.29, 0.717) is 17.2 Å². The number of amides is 1. The van der Waals surface area contributed by atoms with E-state index in [1.165, 1.54) is 114 Å². The zero-order chi connectivity index (χ0) is 32.6. The number of fused-ring (bicyclic) bond motifs is 23. The quantitative estimate of drug-likeness (QED) is 0.319. The first-order valence-electron chi connectivity index (χ1n) is 18.5. The van der Waals surface area contributed by atoms with Gasteiger partial charge in [0.15, 0.2) is 0 Å². The van der Waals surface area contributed by atoms with E-state index < -0.39 is 11.9 Å². The number of aliphatic carboxylic acids is 2. The molecule has 4 aliphatic heterocycles. The van der Waals surface area contributed by atoms with Crippen molar-refractivity contribution in [2.45, 2.75) is 141 Å². The van der Waals surface area contributed by atoms with Crippen molar-refractivity contribution in [2.24, 2.45) is 5.92 Å². The number of rotatable bonds is 4. The summed E-state index contributed by atoms with van der Waals surface area (Å²) in [6.07, 6.45) is 27.9. The molecule has 46 heavy (non-hydrogen) atoms. The van der Waals surface area contributed by atoms with Crippen molar-refractivity contribution < 1.29 is 24.6 Å². The van der Waals surface area contributed by atoms with Crippen molar-refractivity contribution in [3.05, 3.63) is 41.6 Å². The Hall–Kier alpha value is -2.87. The van der Waals surface area contributed by atoms with Crippen LogP contribution in [0.15, 0.2) is 36.0 Å². The zero-order valence-electron chi connectivity index (χ0n) is 28.2. The highest BCUT2D eigenvalue weighted by Gasteiger charge is 2.41. The van der Waals surface area contributed by atoms with Crippen LogP contribution in [0.3, 0.4) is 0 Å². The van der Waals surface area contributed by atoms with Gasteiger partial charge in [-0.3, -0.25) is 4.79 Å². The molecule has 2 bridgehead atoms. The van der Waals surface area contributed by atoms with Crippen LogP contribution in [0, 0.1) is 5.92 Å². The molecule has 256 valence electrons. The number of carbonyl (C=O) groups excluding carboxylic acids is 1. The predicted molar refractivity (Wildman–Crippen MR) is 184 cm³/mol. The molecule has 2 N–H and O–H groups in total. The minimum absolute atomic E-state index is 0.0380. The molecule has 3 fully saturated rings. The fraction of sp³-hybridized carbons (Fsp3) is 0.711. The van der Waals surface area contributed by atoms with Gasteiger partial charge in [0.1, 0.15) is 5.70 Å². The fourth-order valence-electron chi connectivity index (χ4n) is 7.86. The van der Waals surface area contributed by atoms with Crippen LogP contribution in [0.4, 0.5) is 5.69 Å². The third-order valence-corrected chi connectivity index (χ3v) is 10.5. The normalized spacial score (nSPS) is 26.0. The molecule has 0 radical (unpaired) electrons. The summed E-state index contributed by atoms with van der Waals surface area (Å²) in [6.45, 7) is 2.86. The summed E-state index contributed by atoms with van der Waals surface area (Å²) < 4.78 is 0. The highest BCUT2D eigenvalue weighted by Crippen LogP contribution is 2.36. The molecule has 0 spiro atoms. The average Bonchev–Trinajstić information content (AvgIpc) is 3.04. The lowest BCUT2D eigenvalue weighted by Gasteiger charge is -2.48. The summed E-state index contributed by atoms with van der Waals surface area (Å²) in [5.74, 6) is -2.40.